The molecular formula is C10H9NO2. The number of aromatic nitrogens is 1. The van der Waals surface area contributed by atoms with E-state index in [9.17, 15) is 4.79 Å². The van der Waals surface area contributed by atoms with E-state index in [1.165, 1.54) is 12.3 Å². The Morgan fingerprint density at radius 3 is 3.08 bits per heavy atom. The Balaban J connectivity index is 2.19. The van der Waals surface area contributed by atoms with Gasteiger partial charge in [0.2, 0.25) is 0 Å². The van der Waals surface area contributed by atoms with Gasteiger partial charge in [0.25, 0.3) is 0 Å². The first-order valence-corrected chi connectivity index (χ1v) is 4.12. The summed E-state index contributed by atoms with van der Waals surface area (Å²) in [6.07, 6.45) is 4.75. The van der Waals surface area contributed by atoms with Gasteiger partial charge in [0.15, 0.2) is 5.78 Å². The van der Waals surface area contributed by atoms with Crippen LogP contribution in [0.4, 0.5) is 0 Å². The van der Waals surface area contributed by atoms with Gasteiger partial charge in [0.05, 0.1) is 18.4 Å². The molecule has 0 bridgehead atoms. The number of ether oxygens (including phenoxy) is 1. The number of carbonyl (C=O) groups is 1. The first-order chi connectivity index (χ1) is 6.36. The van der Waals surface area contributed by atoms with Crippen molar-refractivity contribution in [3.63, 3.8) is 0 Å². The van der Waals surface area contributed by atoms with Gasteiger partial charge >= 0.3 is 0 Å². The van der Waals surface area contributed by atoms with Crippen molar-refractivity contribution in [3.8, 4) is 0 Å². The average Bonchev–Trinajstić information content (AvgIpc) is 2.19. The second-order valence-electron chi connectivity index (χ2n) is 2.85. The molecular weight excluding hydrogens is 166 g/mol. The highest BCUT2D eigenvalue weighted by Gasteiger charge is 2.19. The Kier molecular flexibility index (Phi) is 2.08. The molecule has 13 heavy (non-hydrogen) atoms. The van der Waals surface area contributed by atoms with E-state index < -0.39 is 0 Å². The molecule has 66 valence electrons. The summed E-state index contributed by atoms with van der Waals surface area (Å²) in [5, 5.41) is 0. The fourth-order valence-corrected chi connectivity index (χ4v) is 1.25. The van der Waals surface area contributed by atoms with Crippen molar-refractivity contribution in [1.82, 2.24) is 4.98 Å². The molecule has 1 atom stereocenters. The van der Waals surface area contributed by atoms with E-state index in [0.29, 0.717) is 6.42 Å². The van der Waals surface area contributed by atoms with Crippen LogP contribution >= 0.6 is 0 Å². The summed E-state index contributed by atoms with van der Waals surface area (Å²) in [5.74, 6) is 0.0851. The molecule has 3 nitrogen and oxygen atoms in total. The minimum Gasteiger partial charge on any atom is -0.491 e. The lowest BCUT2D eigenvalue weighted by atomic mass is 10.1. The Labute approximate surface area is 76.1 Å². The topological polar surface area (TPSA) is 39.2 Å². The number of rotatable bonds is 1. The molecule has 1 aromatic rings. The van der Waals surface area contributed by atoms with Gasteiger partial charge in [-0.3, -0.25) is 9.78 Å². The van der Waals surface area contributed by atoms with Crippen LogP contribution in [-0.2, 0) is 9.53 Å². The molecule has 0 unspecified atom stereocenters. The zero-order chi connectivity index (χ0) is 9.10. The first-order valence-electron chi connectivity index (χ1n) is 4.12. The third kappa shape index (κ3) is 1.75. The summed E-state index contributed by atoms with van der Waals surface area (Å²) in [6.45, 7) is 0. The van der Waals surface area contributed by atoms with Crippen LogP contribution in [0.2, 0.25) is 0 Å². The summed E-state index contributed by atoms with van der Waals surface area (Å²) >= 11 is 0. The van der Waals surface area contributed by atoms with Crippen molar-refractivity contribution < 1.29 is 9.53 Å². The summed E-state index contributed by atoms with van der Waals surface area (Å²) in [5.41, 5.74) is 0.806. The van der Waals surface area contributed by atoms with E-state index in [4.69, 9.17) is 4.74 Å². The maximum Gasteiger partial charge on any atom is 0.162 e. The largest absolute Gasteiger partial charge is 0.491 e. The Bertz CT molecular complexity index is 332. The van der Waals surface area contributed by atoms with Gasteiger partial charge in [-0.1, -0.05) is 6.07 Å². The molecule has 3 heteroatoms. The van der Waals surface area contributed by atoms with Gasteiger partial charge in [-0.15, -0.1) is 0 Å². The van der Waals surface area contributed by atoms with Crippen molar-refractivity contribution in [2.75, 3.05) is 0 Å². The second kappa shape index (κ2) is 3.39. The molecule has 1 aromatic heterocycles. The number of ketones is 1. The van der Waals surface area contributed by atoms with Crippen LogP contribution in [0.15, 0.2) is 36.7 Å². The number of hydrogen-bond donors (Lipinski definition) is 0. The first kappa shape index (κ1) is 7.98. The van der Waals surface area contributed by atoms with Crippen molar-refractivity contribution in [2.24, 2.45) is 0 Å². The minimum absolute atomic E-state index is 0.0851. The smallest absolute Gasteiger partial charge is 0.162 e. The van der Waals surface area contributed by atoms with Crippen molar-refractivity contribution >= 4 is 5.78 Å². The van der Waals surface area contributed by atoms with Crippen LogP contribution in [0.3, 0.4) is 0 Å². The number of allylic oxidation sites excluding steroid dienone is 1. The molecule has 2 heterocycles. The van der Waals surface area contributed by atoms with Crippen LogP contribution in [0.1, 0.15) is 18.2 Å². The predicted molar refractivity (Wildman–Crippen MR) is 46.8 cm³/mol. The Morgan fingerprint density at radius 1 is 1.46 bits per heavy atom. The molecule has 0 N–H and O–H groups in total. The molecule has 0 radical (unpaired) electrons. The average molecular weight is 175 g/mol. The van der Waals surface area contributed by atoms with Gasteiger partial charge in [-0.25, -0.2) is 0 Å². The molecule has 0 saturated heterocycles. The van der Waals surface area contributed by atoms with E-state index in [1.54, 1.807) is 6.20 Å². The molecule has 0 aliphatic carbocycles. The van der Waals surface area contributed by atoms with Crippen LogP contribution < -0.4 is 0 Å². The molecule has 0 spiro atoms. The van der Waals surface area contributed by atoms with Gasteiger partial charge in [0.1, 0.15) is 6.10 Å². The lowest BCUT2D eigenvalue weighted by molar-refractivity contribution is -0.118. The normalized spacial score (nSPS) is 21.2. The third-order valence-electron chi connectivity index (χ3n) is 1.90. The molecule has 0 fully saturated rings. The number of pyridine rings is 1. The molecule has 0 saturated carbocycles. The second-order valence-corrected chi connectivity index (χ2v) is 2.85. The van der Waals surface area contributed by atoms with E-state index >= 15 is 0 Å². The summed E-state index contributed by atoms with van der Waals surface area (Å²) in [6, 6.07) is 5.58. The van der Waals surface area contributed by atoms with Crippen LogP contribution in [-0.4, -0.2) is 10.8 Å². The third-order valence-corrected chi connectivity index (χ3v) is 1.90. The highest BCUT2D eigenvalue weighted by molar-refractivity contribution is 5.90. The molecule has 0 amide bonds. The summed E-state index contributed by atoms with van der Waals surface area (Å²) in [7, 11) is 0. The van der Waals surface area contributed by atoms with Crippen LogP contribution in [0.5, 0.6) is 0 Å². The fourth-order valence-electron chi connectivity index (χ4n) is 1.25. The molecule has 1 aliphatic heterocycles. The number of carbonyl (C=O) groups excluding carboxylic acids is 1. The van der Waals surface area contributed by atoms with Crippen molar-refractivity contribution in [2.45, 2.75) is 12.5 Å². The van der Waals surface area contributed by atoms with Gasteiger partial charge in [-0.2, -0.15) is 0 Å². The minimum atomic E-state index is -0.210. The zero-order valence-electron chi connectivity index (χ0n) is 7.01. The molecule has 1 aliphatic rings. The number of nitrogens with zero attached hydrogens (tertiary/aromatic N) is 1. The summed E-state index contributed by atoms with van der Waals surface area (Å²) < 4.78 is 5.27. The lowest BCUT2D eigenvalue weighted by Crippen LogP contribution is -2.12. The lowest BCUT2D eigenvalue weighted by Gasteiger charge is -2.17. The zero-order valence-corrected chi connectivity index (χ0v) is 7.01. The highest BCUT2D eigenvalue weighted by atomic mass is 16.5. The van der Waals surface area contributed by atoms with Gasteiger partial charge in [0, 0.05) is 12.3 Å². The van der Waals surface area contributed by atoms with E-state index in [-0.39, 0.29) is 11.9 Å². The van der Waals surface area contributed by atoms with Gasteiger partial charge in [-0.05, 0) is 12.1 Å². The van der Waals surface area contributed by atoms with Crippen molar-refractivity contribution in [3.05, 3.63) is 42.4 Å². The summed E-state index contributed by atoms with van der Waals surface area (Å²) in [4.78, 5) is 15.2. The van der Waals surface area contributed by atoms with Gasteiger partial charge < -0.3 is 4.74 Å². The van der Waals surface area contributed by atoms with E-state index in [0.717, 1.165) is 5.69 Å². The monoisotopic (exact) mass is 175 g/mol. The van der Waals surface area contributed by atoms with E-state index in [2.05, 4.69) is 4.98 Å². The maximum absolute atomic E-state index is 11.1. The standard InChI is InChI=1S/C10H9NO2/c12-8-4-6-13-10(7-8)9-3-1-2-5-11-9/h1-6,10H,7H2/t10-/m1/s1. The number of hydrogen-bond acceptors (Lipinski definition) is 3. The Morgan fingerprint density at radius 2 is 2.38 bits per heavy atom. The SMILES string of the molecule is O=C1C=CO[C@@H](c2ccccn2)C1. The van der Waals surface area contributed by atoms with Crippen molar-refractivity contribution in [1.29, 1.82) is 0 Å². The maximum atomic E-state index is 11.1. The highest BCUT2D eigenvalue weighted by Crippen LogP contribution is 2.22. The van der Waals surface area contributed by atoms with Crippen LogP contribution in [0.25, 0.3) is 0 Å². The predicted octanol–water partition coefficient (Wildman–Crippen LogP) is 1.63. The fraction of sp³-hybridized carbons (Fsp3) is 0.200. The van der Waals surface area contributed by atoms with Crippen LogP contribution in [0, 0.1) is 0 Å². The Hall–Kier alpha value is -1.64. The van der Waals surface area contributed by atoms with E-state index in [1.807, 2.05) is 18.2 Å². The molecule has 2 rings (SSSR count). The quantitative estimate of drug-likeness (QED) is 0.651. The molecule has 0 aromatic carbocycles.